The van der Waals surface area contributed by atoms with Crippen molar-refractivity contribution in [2.45, 2.75) is 26.2 Å². The fourth-order valence-corrected chi connectivity index (χ4v) is 4.13. The molecule has 0 radical (unpaired) electrons. The maximum atomic E-state index is 13.3. The van der Waals surface area contributed by atoms with E-state index in [2.05, 4.69) is 41.4 Å². The molecule has 3 N–H and O–H groups in total. The van der Waals surface area contributed by atoms with Crippen LogP contribution in [0.2, 0.25) is 0 Å². The van der Waals surface area contributed by atoms with Gasteiger partial charge >= 0.3 is 11.7 Å². The number of carbonyl (C=O) groups is 2. The third-order valence-electron chi connectivity index (χ3n) is 6.15. The van der Waals surface area contributed by atoms with Crippen LogP contribution in [0.5, 0.6) is 0 Å². The fourth-order valence-electron chi connectivity index (χ4n) is 4.13. The summed E-state index contributed by atoms with van der Waals surface area (Å²) in [4.78, 5) is 29.4. The van der Waals surface area contributed by atoms with Crippen molar-refractivity contribution >= 4 is 23.3 Å². The molecule has 4 rings (SSSR count). The van der Waals surface area contributed by atoms with Crippen molar-refractivity contribution in [3.8, 4) is 5.69 Å². The normalized spacial score (nSPS) is 15.0. The highest BCUT2D eigenvalue weighted by Crippen LogP contribution is 2.22. The number of nitrogens with zero attached hydrogens (tertiary/aromatic N) is 3. The van der Waals surface area contributed by atoms with Gasteiger partial charge in [0.25, 0.3) is 0 Å². The number of hydrogen-bond donors (Lipinski definition) is 3. The Hall–Kier alpha value is -3.56. The molecule has 1 saturated heterocycles. The summed E-state index contributed by atoms with van der Waals surface area (Å²) >= 11 is 0. The van der Waals surface area contributed by atoms with Crippen LogP contribution in [0.3, 0.4) is 0 Å². The topological polar surface area (TPSA) is 84.3 Å². The minimum Gasteiger partial charge on any atom is -0.325 e. The Morgan fingerprint density at radius 3 is 2.08 bits per heavy atom. The lowest BCUT2D eigenvalue weighted by Gasteiger charge is -2.33. The Kier molecular flexibility index (Phi) is 7.81. The molecule has 2 amide bonds. The molecule has 0 saturated carbocycles. The fraction of sp³-hybridized carbons (Fsp3) is 0.370. The molecule has 1 fully saturated rings. The minimum absolute atomic E-state index is 0.0866. The van der Waals surface area contributed by atoms with E-state index in [-0.39, 0.29) is 36.1 Å². The number of piperazine rings is 1. The first-order chi connectivity index (χ1) is 17.2. The molecule has 1 aliphatic rings. The van der Waals surface area contributed by atoms with Gasteiger partial charge in [0.05, 0.1) is 18.3 Å². The highest BCUT2D eigenvalue weighted by molar-refractivity contribution is 5.92. The number of para-hydroxylation sites is 1. The zero-order chi connectivity index (χ0) is 25.7. The van der Waals surface area contributed by atoms with E-state index in [0.717, 1.165) is 11.4 Å². The summed E-state index contributed by atoms with van der Waals surface area (Å²) in [6, 6.07) is 17.7. The van der Waals surface area contributed by atoms with E-state index in [4.69, 9.17) is 0 Å². The van der Waals surface area contributed by atoms with Crippen molar-refractivity contribution in [1.29, 1.82) is 0 Å². The van der Waals surface area contributed by atoms with Crippen LogP contribution >= 0.6 is 0 Å². The Labute approximate surface area is 211 Å². The summed E-state index contributed by atoms with van der Waals surface area (Å²) in [6.07, 6.45) is 0. The molecule has 0 spiro atoms. The van der Waals surface area contributed by atoms with Gasteiger partial charge < -0.3 is 5.32 Å². The van der Waals surface area contributed by atoms with Crippen molar-refractivity contribution in [2.75, 3.05) is 49.9 Å². The molecule has 2 heterocycles. The van der Waals surface area contributed by atoms with E-state index in [1.165, 1.54) is 12.1 Å². The zero-order valence-electron chi connectivity index (χ0n) is 21.1. The largest absolute Gasteiger partial charge is 0.325 e. The van der Waals surface area contributed by atoms with Crippen LogP contribution in [-0.4, -0.2) is 66.0 Å². The van der Waals surface area contributed by atoms with Crippen LogP contribution < -0.4 is 15.3 Å². The summed E-state index contributed by atoms with van der Waals surface area (Å²) in [5.41, 5.74) is 2.30. The van der Waals surface area contributed by atoms with Gasteiger partial charge in [-0.2, -0.15) is 0 Å². The number of anilines is 2. The van der Waals surface area contributed by atoms with E-state index < -0.39 is 0 Å². The van der Waals surface area contributed by atoms with E-state index in [1.807, 2.05) is 46.0 Å². The quantitative estimate of drug-likeness (QED) is 0.442. The monoisotopic (exact) mass is 493 g/mol. The number of aromatic nitrogens is 2. The number of aromatic amines is 1. The molecule has 0 unspecified atom stereocenters. The second-order valence-corrected chi connectivity index (χ2v) is 10.1. The van der Waals surface area contributed by atoms with Gasteiger partial charge in [-0.15, -0.1) is 4.68 Å². The molecule has 190 valence electrons. The van der Waals surface area contributed by atoms with Crippen molar-refractivity contribution in [2.24, 2.45) is 0 Å². The van der Waals surface area contributed by atoms with Crippen LogP contribution in [0, 0.1) is 5.82 Å². The second-order valence-electron chi connectivity index (χ2n) is 10.1. The van der Waals surface area contributed by atoms with Gasteiger partial charge in [-0.25, -0.2) is 19.6 Å². The summed E-state index contributed by atoms with van der Waals surface area (Å²) in [6.45, 7) is 9.57. The van der Waals surface area contributed by atoms with Crippen molar-refractivity contribution in [1.82, 2.24) is 14.9 Å². The molecule has 0 atom stereocenters. The highest BCUT2D eigenvalue weighted by Gasteiger charge is 2.27. The number of H-pyrrole nitrogens is 1. The molecule has 9 heteroatoms. The standard InChI is InChI=1S/C27H33FN6O2/c1-27(2,3)23-17-24(34(31-23)22-10-5-4-6-11-22)30-26(36)19-33-14-12-32(13-15-33)18-25(35)29-21-9-7-8-20(28)16-21/h4-11,16-17H,12-15,18-19H2,1-3H3,(H2,29,30,31,35,36)/p+1. The number of nitrogens with one attached hydrogen (secondary N) is 3. The van der Waals surface area contributed by atoms with E-state index >= 15 is 0 Å². The first-order valence-electron chi connectivity index (χ1n) is 12.2. The predicted molar refractivity (Wildman–Crippen MR) is 138 cm³/mol. The lowest BCUT2D eigenvalue weighted by molar-refractivity contribution is -0.641. The Morgan fingerprint density at radius 2 is 1.50 bits per heavy atom. The average Bonchev–Trinajstić information content (AvgIpc) is 3.25. The van der Waals surface area contributed by atoms with E-state index in [9.17, 15) is 14.0 Å². The molecule has 8 nitrogen and oxygen atoms in total. The third-order valence-corrected chi connectivity index (χ3v) is 6.15. The first-order valence-corrected chi connectivity index (χ1v) is 12.2. The number of benzene rings is 2. The number of amides is 2. The van der Waals surface area contributed by atoms with Gasteiger partial charge in [0.2, 0.25) is 5.91 Å². The van der Waals surface area contributed by atoms with Gasteiger partial charge in [-0.3, -0.25) is 14.6 Å². The second kappa shape index (κ2) is 11.0. The van der Waals surface area contributed by atoms with Crippen LogP contribution in [0.15, 0.2) is 60.7 Å². The van der Waals surface area contributed by atoms with Crippen LogP contribution in [0.4, 0.5) is 15.9 Å². The maximum Gasteiger partial charge on any atom is 0.321 e. The zero-order valence-corrected chi connectivity index (χ0v) is 21.1. The molecular formula is C27H34FN6O2+. The molecule has 0 bridgehead atoms. The van der Waals surface area contributed by atoms with Gasteiger partial charge in [0.1, 0.15) is 12.4 Å². The summed E-state index contributed by atoms with van der Waals surface area (Å²) in [5, 5.41) is 9.21. The minimum atomic E-state index is -0.386. The van der Waals surface area contributed by atoms with Gasteiger partial charge in [0, 0.05) is 37.3 Å². The van der Waals surface area contributed by atoms with Gasteiger partial charge in [-0.1, -0.05) is 45.0 Å². The summed E-state index contributed by atoms with van der Waals surface area (Å²) in [7, 11) is 0. The Bertz CT molecular complexity index is 1200. The number of carbonyl (C=O) groups excluding carboxylic acids is 2. The van der Waals surface area contributed by atoms with Crippen LogP contribution in [0.25, 0.3) is 5.69 Å². The van der Waals surface area contributed by atoms with E-state index in [1.54, 1.807) is 12.1 Å². The van der Waals surface area contributed by atoms with Crippen molar-refractivity contribution in [3.05, 3.63) is 72.2 Å². The smallest absolute Gasteiger partial charge is 0.321 e. The lowest BCUT2D eigenvalue weighted by atomic mass is 9.92. The van der Waals surface area contributed by atoms with Gasteiger partial charge in [-0.05, 0) is 30.3 Å². The van der Waals surface area contributed by atoms with Gasteiger partial charge in [0.15, 0.2) is 5.69 Å². The molecule has 3 aromatic rings. The molecule has 1 aliphatic heterocycles. The lowest BCUT2D eigenvalue weighted by Crippen LogP contribution is -2.50. The summed E-state index contributed by atoms with van der Waals surface area (Å²) < 4.78 is 15.2. The molecular weight excluding hydrogens is 459 g/mol. The SMILES string of the molecule is CC(C)(C)c1cc(NC(=O)CN2CCN(CC(=O)Nc3cccc(F)c3)CC2)[n+](-c2ccccc2)[nH]1. The van der Waals surface area contributed by atoms with Crippen LogP contribution in [-0.2, 0) is 15.0 Å². The van der Waals surface area contributed by atoms with Crippen molar-refractivity contribution in [3.63, 3.8) is 0 Å². The van der Waals surface area contributed by atoms with Crippen LogP contribution in [0.1, 0.15) is 26.5 Å². The first kappa shape index (κ1) is 25.5. The molecule has 2 aromatic carbocycles. The molecule has 1 aromatic heterocycles. The Morgan fingerprint density at radius 1 is 0.889 bits per heavy atom. The maximum absolute atomic E-state index is 13.3. The number of rotatable bonds is 7. The highest BCUT2D eigenvalue weighted by atomic mass is 19.1. The third kappa shape index (κ3) is 6.77. The van der Waals surface area contributed by atoms with Crippen molar-refractivity contribution < 1.29 is 18.7 Å². The van der Waals surface area contributed by atoms with E-state index in [0.29, 0.717) is 37.7 Å². The molecule has 36 heavy (non-hydrogen) atoms. The Balaban J connectivity index is 1.30. The number of hydrogen-bond acceptors (Lipinski definition) is 4. The summed E-state index contributed by atoms with van der Waals surface area (Å²) in [5.74, 6) is 0.0443. The average molecular weight is 494 g/mol. The number of halogens is 1. The predicted octanol–water partition coefficient (Wildman–Crippen LogP) is 2.92. The molecule has 0 aliphatic carbocycles.